The van der Waals surface area contributed by atoms with Crippen molar-refractivity contribution >= 4 is 75.9 Å². The third-order valence-corrected chi connectivity index (χ3v) is 10.1. The lowest BCUT2D eigenvalue weighted by atomic mass is 10.0. The molecule has 0 fully saturated rings. The minimum Gasteiger partial charge on any atom is -0.505 e. The van der Waals surface area contributed by atoms with Gasteiger partial charge in [0.2, 0.25) is 0 Å². The van der Waals surface area contributed by atoms with Gasteiger partial charge in [0.1, 0.15) is 44.0 Å². The average Bonchev–Trinajstić information content (AvgIpc) is 3.15. The number of phenolic OH excluding ortho intramolecular Hbond substituents is 2. The van der Waals surface area contributed by atoms with Crippen LogP contribution in [0.15, 0.2) is 115 Å². The lowest BCUT2D eigenvalue weighted by Crippen LogP contribution is -1.99. The maximum absolute atomic E-state index is 12.3. The molecule has 0 aliphatic heterocycles. The monoisotopic (exact) mass is 800 g/mol. The zero-order valence-corrected chi connectivity index (χ0v) is 31.5. The fourth-order valence-electron chi connectivity index (χ4n) is 5.72. The maximum atomic E-state index is 12.3. The van der Waals surface area contributed by atoms with Crippen LogP contribution in [-0.4, -0.2) is 49.4 Å². The molecular weight excluding hydrogens is 765 g/mol. The summed E-state index contributed by atoms with van der Waals surface area (Å²) in [7, 11) is -9.68. The van der Waals surface area contributed by atoms with Crippen LogP contribution in [0.1, 0.15) is 26.7 Å². The van der Waals surface area contributed by atoms with Crippen molar-refractivity contribution in [1.29, 1.82) is 0 Å². The van der Waals surface area contributed by atoms with E-state index in [9.17, 15) is 36.2 Å². The van der Waals surface area contributed by atoms with Gasteiger partial charge in [-0.2, -0.15) is 16.8 Å². The van der Waals surface area contributed by atoms with Crippen molar-refractivity contribution in [3.63, 3.8) is 0 Å². The number of rotatable bonds is 13. The zero-order valence-electron chi connectivity index (χ0n) is 29.9. The first-order valence-electron chi connectivity index (χ1n) is 17.0. The summed E-state index contributed by atoms with van der Waals surface area (Å²) in [4.78, 5) is -1.31. The lowest BCUT2D eigenvalue weighted by molar-refractivity contribution is 0.318. The fraction of sp³-hybridized carbons (Fsp3) is 0.158. The van der Waals surface area contributed by atoms with Gasteiger partial charge in [-0.3, -0.25) is 9.11 Å². The summed E-state index contributed by atoms with van der Waals surface area (Å²) in [5.41, 5.74) is 13.0. The van der Waals surface area contributed by atoms with Gasteiger partial charge in [-0.25, -0.2) is 0 Å². The lowest BCUT2D eigenvalue weighted by Gasteiger charge is -2.13. The van der Waals surface area contributed by atoms with Crippen molar-refractivity contribution in [3.05, 3.63) is 84.9 Å². The number of hydrogen-bond donors (Lipinski definition) is 6. The molecule has 0 radical (unpaired) electrons. The second-order valence-corrected chi connectivity index (χ2v) is 15.3. The van der Waals surface area contributed by atoms with Gasteiger partial charge in [0, 0.05) is 22.1 Å². The Hall–Kier alpha value is -6.34. The van der Waals surface area contributed by atoms with Crippen LogP contribution in [0.5, 0.6) is 23.0 Å². The molecule has 16 nitrogen and oxygen atoms in total. The average molecular weight is 801 g/mol. The van der Waals surface area contributed by atoms with E-state index < -0.39 is 52.9 Å². The summed E-state index contributed by atoms with van der Waals surface area (Å²) in [6, 6.07) is 21.1. The largest absolute Gasteiger partial charge is 0.505 e. The molecule has 6 rings (SSSR count). The summed E-state index contributed by atoms with van der Waals surface area (Å²) in [5.74, 6) is -0.581. The first-order valence-corrected chi connectivity index (χ1v) is 19.9. The van der Waals surface area contributed by atoms with E-state index in [0.29, 0.717) is 46.1 Å². The molecule has 0 aromatic heterocycles. The van der Waals surface area contributed by atoms with Crippen LogP contribution in [0.4, 0.5) is 34.1 Å². The van der Waals surface area contributed by atoms with Crippen LogP contribution < -0.4 is 20.9 Å². The van der Waals surface area contributed by atoms with Crippen molar-refractivity contribution < 1.29 is 45.6 Å². The molecule has 290 valence electrons. The smallest absolute Gasteiger partial charge is 0.296 e. The van der Waals surface area contributed by atoms with Crippen molar-refractivity contribution in [2.24, 2.45) is 20.5 Å². The first-order chi connectivity index (χ1) is 26.6. The minimum atomic E-state index is -4.84. The molecule has 0 unspecified atom stereocenters. The van der Waals surface area contributed by atoms with Crippen molar-refractivity contribution in [1.82, 2.24) is 0 Å². The third-order valence-electron chi connectivity index (χ3n) is 8.40. The van der Waals surface area contributed by atoms with Gasteiger partial charge < -0.3 is 31.2 Å². The van der Waals surface area contributed by atoms with Gasteiger partial charge in [-0.05, 0) is 95.4 Å². The van der Waals surface area contributed by atoms with Crippen LogP contribution in [-0.2, 0) is 20.2 Å². The molecule has 0 saturated carbocycles. The molecule has 8 N–H and O–H groups in total. The van der Waals surface area contributed by atoms with E-state index in [0.717, 1.165) is 12.1 Å². The molecular formula is C38H36N6O10S2. The molecule has 18 heteroatoms. The number of aromatic hydroxyl groups is 2. The SMILES string of the molecule is CCCOc1cc(-c2ccc(N=Nc3c(S(=O)(=O)O)cc4ccc(N)cc4c3O)c(OCCC)c2)ccc1N=Nc1c(S(=O)(=O)O)cc2ccc(N)cc2c1O. The summed E-state index contributed by atoms with van der Waals surface area (Å²) < 4.78 is 81.2. The Kier molecular flexibility index (Phi) is 11.1. The Balaban J connectivity index is 1.40. The van der Waals surface area contributed by atoms with Gasteiger partial charge in [0.05, 0.1) is 13.2 Å². The fourth-order valence-corrected chi connectivity index (χ4v) is 7.03. The second-order valence-electron chi connectivity index (χ2n) is 12.5. The quantitative estimate of drug-likeness (QED) is 0.0362. The second kappa shape index (κ2) is 15.8. The number of hydrogen-bond acceptors (Lipinski definition) is 14. The molecule has 0 spiro atoms. The van der Waals surface area contributed by atoms with E-state index in [2.05, 4.69) is 20.5 Å². The third kappa shape index (κ3) is 8.32. The van der Waals surface area contributed by atoms with Crippen LogP contribution in [0, 0.1) is 0 Å². The number of ether oxygens (including phenoxy) is 2. The van der Waals surface area contributed by atoms with Crippen LogP contribution in [0.25, 0.3) is 32.7 Å². The van der Waals surface area contributed by atoms with Crippen molar-refractivity contribution in [2.45, 2.75) is 36.5 Å². The van der Waals surface area contributed by atoms with E-state index in [1.165, 1.54) is 36.4 Å². The highest BCUT2D eigenvalue weighted by Gasteiger charge is 2.24. The number of benzene rings is 6. The predicted octanol–water partition coefficient (Wildman–Crippen LogP) is 9.14. The Bertz CT molecular complexity index is 2600. The van der Waals surface area contributed by atoms with Gasteiger partial charge in [-0.1, -0.05) is 38.1 Å². The summed E-state index contributed by atoms with van der Waals surface area (Å²) in [6.45, 7) is 4.37. The predicted molar refractivity (Wildman–Crippen MR) is 211 cm³/mol. The van der Waals surface area contributed by atoms with E-state index in [1.54, 1.807) is 36.4 Å². The molecule has 6 aromatic carbocycles. The molecule has 0 aliphatic carbocycles. The normalized spacial score (nSPS) is 12.3. The maximum Gasteiger partial charge on any atom is 0.296 e. The number of phenols is 2. The number of anilines is 2. The summed E-state index contributed by atoms with van der Waals surface area (Å²) in [5, 5.41) is 39.5. The number of azo groups is 2. The molecule has 0 saturated heterocycles. The van der Waals surface area contributed by atoms with E-state index >= 15 is 0 Å². The van der Waals surface area contributed by atoms with Gasteiger partial charge in [-0.15, -0.1) is 20.5 Å². The minimum absolute atomic E-state index is 0.176. The Morgan fingerprint density at radius 1 is 0.554 bits per heavy atom. The molecule has 0 heterocycles. The Morgan fingerprint density at radius 3 is 1.30 bits per heavy atom. The molecule has 56 heavy (non-hydrogen) atoms. The van der Waals surface area contributed by atoms with E-state index in [-0.39, 0.29) is 46.9 Å². The van der Waals surface area contributed by atoms with E-state index in [4.69, 9.17) is 20.9 Å². The Labute approximate surface area is 321 Å². The molecule has 0 bridgehead atoms. The standard InChI is InChI=1S/C38H36N6O10S2/c1-3-13-53-31-15-21(7-11-29(31)41-43-35-33(55(47,48)49)17-23-5-9-25(39)19-27(23)37(35)45)22-8-12-30(32(16-22)54-14-4-2)42-44-36-34(56(50,51)52)18-24-6-10-26(40)20-28(24)38(36)46/h5-12,15-20,45-46H,3-4,13-14,39-40H2,1-2H3,(H,47,48,49)(H,50,51,52). The van der Waals surface area contributed by atoms with E-state index in [1.807, 2.05) is 13.8 Å². The number of nitrogens with zero attached hydrogens (tertiary/aromatic N) is 4. The van der Waals surface area contributed by atoms with Gasteiger partial charge in [0.15, 0.2) is 11.5 Å². The van der Waals surface area contributed by atoms with Gasteiger partial charge >= 0.3 is 0 Å². The number of fused-ring (bicyclic) bond motifs is 2. The number of nitrogen functional groups attached to an aromatic ring is 2. The number of nitrogens with two attached hydrogens (primary N) is 2. The van der Waals surface area contributed by atoms with Crippen molar-refractivity contribution in [2.75, 3.05) is 24.7 Å². The highest BCUT2D eigenvalue weighted by atomic mass is 32.2. The summed E-state index contributed by atoms with van der Waals surface area (Å²) in [6.07, 6.45) is 1.27. The van der Waals surface area contributed by atoms with Crippen LogP contribution in [0.2, 0.25) is 0 Å². The molecule has 6 aromatic rings. The summed E-state index contributed by atoms with van der Waals surface area (Å²) >= 11 is 0. The Morgan fingerprint density at radius 2 is 0.946 bits per heavy atom. The van der Waals surface area contributed by atoms with Crippen molar-refractivity contribution in [3.8, 4) is 34.1 Å². The molecule has 0 amide bonds. The topological polar surface area (TPSA) is 269 Å². The highest BCUT2D eigenvalue weighted by Crippen LogP contribution is 2.45. The molecule has 0 aliphatic rings. The van der Waals surface area contributed by atoms with Crippen LogP contribution >= 0.6 is 0 Å². The first kappa shape index (κ1) is 39.4. The highest BCUT2D eigenvalue weighted by molar-refractivity contribution is 7.86. The van der Waals surface area contributed by atoms with Crippen LogP contribution in [0.3, 0.4) is 0 Å². The van der Waals surface area contributed by atoms with Gasteiger partial charge in [0.25, 0.3) is 20.2 Å². The zero-order chi connectivity index (χ0) is 40.4. The molecule has 0 atom stereocenters.